The third-order valence-electron chi connectivity index (χ3n) is 2.49. The first-order chi connectivity index (χ1) is 6.79. The van der Waals surface area contributed by atoms with Crippen molar-refractivity contribution in [2.75, 3.05) is 6.54 Å². The van der Waals surface area contributed by atoms with Crippen molar-refractivity contribution in [3.05, 3.63) is 29.8 Å². The zero-order chi connectivity index (χ0) is 9.97. The van der Waals surface area contributed by atoms with Crippen molar-refractivity contribution >= 4 is 12.0 Å². The molecule has 2 nitrogen and oxygen atoms in total. The van der Waals surface area contributed by atoms with Gasteiger partial charge in [-0.25, -0.2) is 4.39 Å². The summed E-state index contributed by atoms with van der Waals surface area (Å²) in [4.78, 5) is 0.859. The topological polar surface area (TPSA) is 32.3 Å². The fraction of sp³-hybridized carbons (Fsp3) is 0.400. The minimum absolute atomic E-state index is 0.0411. The van der Waals surface area contributed by atoms with Crippen LogP contribution >= 0.6 is 0 Å². The lowest BCUT2D eigenvalue weighted by atomic mass is 9.97. The van der Waals surface area contributed by atoms with Crippen molar-refractivity contribution < 1.29 is 8.94 Å². The molecule has 0 radical (unpaired) electrons. The molecule has 1 saturated heterocycles. The lowest BCUT2D eigenvalue weighted by molar-refractivity contribution is 0.157. The molecule has 0 spiro atoms. The van der Waals surface area contributed by atoms with Crippen LogP contribution in [0, 0.1) is 0 Å². The molecule has 1 aromatic carbocycles. The predicted molar refractivity (Wildman–Crippen MR) is 56.5 cm³/mol. The molecule has 1 aliphatic rings. The molecule has 2 atom stereocenters. The van der Waals surface area contributed by atoms with Crippen molar-refractivity contribution in [3.63, 3.8) is 0 Å². The van der Waals surface area contributed by atoms with Crippen molar-refractivity contribution in [1.29, 1.82) is 0 Å². The zero-order valence-corrected chi connectivity index (χ0v) is 8.55. The molecule has 0 amide bonds. The number of hydrogen-bond acceptors (Lipinski definition) is 2. The summed E-state index contributed by atoms with van der Waals surface area (Å²) in [5, 5.41) is 3.04. The van der Waals surface area contributed by atoms with E-state index in [1.165, 1.54) is 0 Å². The van der Waals surface area contributed by atoms with Crippen molar-refractivity contribution in [1.82, 2.24) is 5.32 Å². The summed E-state index contributed by atoms with van der Waals surface area (Å²) in [6, 6.07) is 7.57. The highest BCUT2D eigenvalue weighted by molar-refractivity contribution is 7.72. The summed E-state index contributed by atoms with van der Waals surface area (Å²) < 4.78 is 21.8. The van der Waals surface area contributed by atoms with Gasteiger partial charge in [0.1, 0.15) is 6.17 Å². The van der Waals surface area contributed by atoms with Crippen molar-refractivity contribution in [3.8, 4) is 0 Å². The van der Waals surface area contributed by atoms with Crippen LogP contribution in [0.15, 0.2) is 29.2 Å². The lowest BCUT2D eigenvalue weighted by Crippen LogP contribution is -2.55. The minimum Gasteiger partial charge on any atom is -0.308 e. The van der Waals surface area contributed by atoms with Gasteiger partial charge in [-0.3, -0.25) is 0 Å². The van der Waals surface area contributed by atoms with Gasteiger partial charge in [-0.1, -0.05) is 12.1 Å². The number of alkyl halides is 1. The van der Waals surface area contributed by atoms with Gasteiger partial charge in [0.2, 0.25) is 0 Å². The maximum atomic E-state index is 12.9. The molecule has 4 heteroatoms. The van der Waals surface area contributed by atoms with Gasteiger partial charge in [-0.15, -0.1) is 0 Å². The smallest absolute Gasteiger partial charge is 0.187 e. The fourth-order valence-corrected chi connectivity index (χ4v) is 1.95. The molecule has 0 aliphatic carbocycles. The molecule has 1 fully saturated rings. The van der Waals surface area contributed by atoms with Crippen LogP contribution in [0.3, 0.4) is 0 Å². The second kappa shape index (κ2) is 4.29. The number of rotatable bonds is 3. The number of thiol groups is 1. The Morgan fingerprint density at radius 3 is 3.00 bits per heavy atom. The summed E-state index contributed by atoms with van der Waals surface area (Å²) >= 11 is 0.272. The van der Waals surface area contributed by atoms with Crippen LogP contribution < -0.4 is 5.32 Å². The average Bonchev–Trinajstić information content (AvgIpc) is 2.24. The highest BCUT2D eigenvalue weighted by Crippen LogP contribution is 2.16. The van der Waals surface area contributed by atoms with Crippen LogP contribution in [0.25, 0.3) is 0 Å². The van der Waals surface area contributed by atoms with Gasteiger partial charge >= 0.3 is 0 Å². The molecular formula is C10H13FNOS+. The van der Waals surface area contributed by atoms with Crippen molar-refractivity contribution in [2.24, 2.45) is 0 Å². The Hall–Kier alpha value is -0.580. The van der Waals surface area contributed by atoms with E-state index in [4.69, 9.17) is 4.55 Å². The van der Waals surface area contributed by atoms with Crippen LogP contribution in [0.5, 0.6) is 0 Å². The number of halogens is 1. The Balaban J connectivity index is 2.01. The highest BCUT2D eigenvalue weighted by atomic mass is 32.2. The van der Waals surface area contributed by atoms with E-state index in [-0.39, 0.29) is 18.1 Å². The van der Waals surface area contributed by atoms with Gasteiger partial charge < -0.3 is 5.32 Å². The van der Waals surface area contributed by atoms with Crippen LogP contribution in [0.4, 0.5) is 4.39 Å². The Morgan fingerprint density at radius 2 is 2.43 bits per heavy atom. The van der Waals surface area contributed by atoms with Gasteiger partial charge in [-0.05, 0) is 24.1 Å². The summed E-state index contributed by atoms with van der Waals surface area (Å²) in [7, 11) is 0. The predicted octanol–water partition coefficient (Wildman–Crippen LogP) is 1.19. The molecule has 76 valence electrons. The molecule has 2 rings (SSSR count). The molecule has 1 aromatic rings. The van der Waals surface area contributed by atoms with Crippen LogP contribution in [0.1, 0.15) is 5.56 Å². The molecule has 1 aliphatic heterocycles. The minimum atomic E-state index is -0.717. The Kier molecular flexibility index (Phi) is 3.05. The Morgan fingerprint density at radius 1 is 1.57 bits per heavy atom. The molecule has 1 unspecified atom stereocenters. The molecular weight excluding hydrogens is 201 g/mol. The van der Waals surface area contributed by atoms with E-state index in [2.05, 4.69) is 5.32 Å². The monoisotopic (exact) mass is 214 g/mol. The van der Waals surface area contributed by atoms with E-state index in [1.807, 2.05) is 24.3 Å². The number of nitrogens with one attached hydrogen (secondary N) is 1. The van der Waals surface area contributed by atoms with Gasteiger partial charge in [0.15, 0.2) is 16.9 Å². The molecule has 0 bridgehead atoms. The summed E-state index contributed by atoms with van der Waals surface area (Å²) in [6.45, 7) is 0.475. The Bertz CT molecular complexity index is 321. The first kappa shape index (κ1) is 9.96. The quantitative estimate of drug-likeness (QED) is 0.585. The summed E-state index contributed by atoms with van der Waals surface area (Å²) in [6.07, 6.45) is -0.0183. The van der Waals surface area contributed by atoms with Gasteiger partial charge in [0, 0.05) is 12.6 Å². The molecule has 0 aromatic heterocycles. The number of benzene rings is 1. The molecule has 0 saturated carbocycles. The standard InChI is InChI=1S/C10H12FNOS/c11-9-6-12-10(9)5-7-2-1-3-8(4-7)14-13/h1-4,9-10,12-13H,5-6H2/p+1/t9-,10?/m0/s1. The largest absolute Gasteiger partial charge is 0.308 e. The van der Waals surface area contributed by atoms with E-state index in [9.17, 15) is 4.39 Å². The van der Waals surface area contributed by atoms with E-state index in [0.717, 1.165) is 10.5 Å². The normalized spacial score (nSPS) is 25.9. The third kappa shape index (κ3) is 2.08. The van der Waals surface area contributed by atoms with Crippen molar-refractivity contribution in [2.45, 2.75) is 23.5 Å². The zero-order valence-electron chi connectivity index (χ0n) is 7.65. The summed E-state index contributed by atoms with van der Waals surface area (Å²) in [5.41, 5.74) is 1.07. The maximum absolute atomic E-state index is 12.9. The lowest BCUT2D eigenvalue weighted by Gasteiger charge is -2.32. The highest BCUT2D eigenvalue weighted by Gasteiger charge is 2.29. The van der Waals surface area contributed by atoms with E-state index >= 15 is 0 Å². The Labute approximate surface area is 86.7 Å². The van der Waals surface area contributed by atoms with Crippen LogP contribution in [-0.4, -0.2) is 23.3 Å². The first-order valence-corrected chi connectivity index (χ1v) is 5.46. The second-order valence-corrected chi connectivity index (χ2v) is 4.22. The van der Waals surface area contributed by atoms with E-state index in [0.29, 0.717) is 13.0 Å². The molecule has 1 heterocycles. The summed E-state index contributed by atoms with van der Waals surface area (Å²) in [5.74, 6) is 0. The number of hydrogen-bond donors (Lipinski definition) is 2. The molecule has 2 N–H and O–H groups in total. The average molecular weight is 214 g/mol. The SMILES string of the molecule is O[SH+]c1cccc(CC2NC[C@@H]2F)c1. The fourth-order valence-electron chi connectivity index (χ4n) is 1.57. The van der Waals surface area contributed by atoms with E-state index < -0.39 is 6.17 Å². The van der Waals surface area contributed by atoms with Gasteiger partial charge in [0.25, 0.3) is 0 Å². The molecule has 14 heavy (non-hydrogen) atoms. The second-order valence-electron chi connectivity index (χ2n) is 3.50. The van der Waals surface area contributed by atoms with E-state index in [1.54, 1.807) is 0 Å². The van der Waals surface area contributed by atoms with Crippen LogP contribution in [0.2, 0.25) is 0 Å². The van der Waals surface area contributed by atoms with Gasteiger partial charge in [0.05, 0.1) is 0 Å². The third-order valence-corrected chi connectivity index (χ3v) is 3.00. The maximum Gasteiger partial charge on any atom is 0.187 e. The first-order valence-electron chi connectivity index (χ1n) is 4.61. The van der Waals surface area contributed by atoms with Gasteiger partial charge in [-0.2, -0.15) is 4.55 Å². The van der Waals surface area contributed by atoms with Crippen LogP contribution in [-0.2, 0) is 18.5 Å².